The van der Waals surface area contributed by atoms with Crippen molar-refractivity contribution in [2.24, 2.45) is 0 Å². The number of aliphatic hydroxyl groups is 1. The molecule has 0 aromatic heterocycles. The summed E-state index contributed by atoms with van der Waals surface area (Å²) in [5.74, 6) is 0.825. The van der Waals surface area contributed by atoms with Gasteiger partial charge in [0.2, 0.25) is 0 Å². The number of hydrogen-bond donors (Lipinski definition) is 1. The monoisotopic (exact) mass is 284 g/mol. The van der Waals surface area contributed by atoms with Gasteiger partial charge in [-0.1, -0.05) is 29.8 Å². The smallest absolute Gasteiger partial charge is 0.126 e. The van der Waals surface area contributed by atoms with Crippen LogP contribution in [0.4, 0.5) is 0 Å². The number of halogens is 1. The van der Waals surface area contributed by atoms with Gasteiger partial charge in [0.05, 0.1) is 6.10 Å². The van der Waals surface area contributed by atoms with Crippen molar-refractivity contribution in [2.75, 3.05) is 0 Å². The van der Waals surface area contributed by atoms with Crippen LogP contribution in [0.15, 0.2) is 22.7 Å². The highest BCUT2D eigenvalue weighted by Gasteiger charge is 2.37. The number of aliphatic hydroxyl groups excluding tert-OH is 1. The van der Waals surface area contributed by atoms with E-state index in [1.54, 1.807) is 0 Å². The normalized spacial score (nSPS) is 22.4. The van der Waals surface area contributed by atoms with Crippen LogP contribution in [0.2, 0.25) is 0 Å². The predicted octanol–water partition coefficient (Wildman–Crippen LogP) is 3.82. The lowest BCUT2D eigenvalue weighted by molar-refractivity contribution is -0.0196. The van der Waals surface area contributed by atoms with Gasteiger partial charge in [-0.2, -0.15) is 0 Å². The Labute approximate surface area is 105 Å². The van der Waals surface area contributed by atoms with Gasteiger partial charge in [0, 0.05) is 16.5 Å². The van der Waals surface area contributed by atoms with Gasteiger partial charge in [0.15, 0.2) is 0 Å². The second-order valence-electron chi connectivity index (χ2n) is 4.39. The summed E-state index contributed by atoms with van der Waals surface area (Å²) in [6.07, 6.45) is 2.12. The van der Waals surface area contributed by atoms with Crippen molar-refractivity contribution >= 4 is 15.9 Å². The zero-order chi connectivity index (χ0) is 11.8. The molecule has 2 rings (SSSR count). The van der Waals surface area contributed by atoms with Crippen LogP contribution >= 0.6 is 15.9 Å². The van der Waals surface area contributed by atoms with Crippen molar-refractivity contribution in [1.82, 2.24) is 0 Å². The molecule has 1 heterocycles. The van der Waals surface area contributed by atoms with Gasteiger partial charge < -0.3 is 9.84 Å². The first kappa shape index (κ1) is 11.9. The van der Waals surface area contributed by atoms with Crippen LogP contribution in [0, 0.1) is 0 Å². The molecular weight excluding hydrogens is 268 g/mol. The van der Waals surface area contributed by atoms with Crippen LogP contribution in [0.25, 0.3) is 0 Å². The van der Waals surface area contributed by atoms with Gasteiger partial charge >= 0.3 is 0 Å². The quantitative estimate of drug-likeness (QED) is 0.895. The molecule has 1 aliphatic rings. The van der Waals surface area contributed by atoms with Crippen LogP contribution in [0.3, 0.4) is 0 Å². The number of ether oxygens (including phenoxy) is 1. The molecule has 88 valence electrons. The van der Waals surface area contributed by atoms with Gasteiger partial charge in [-0.15, -0.1) is 0 Å². The Morgan fingerprint density at radius 2 is 2.12 bits per heavy atom. The summed E-state index contributed by atoms with van der Waals surface area (Å²) in [5.41, 5.74) is 0.701. The molecule has 0 spiro atoms. The topological polar surface area (TPSA) is 29.5 Å². The fraction of sp³-hybridized carbons (Fsp3) is 0.538. The highest BCUT2D eigenvalue weighted by Crippen LogP contribution is 2.43. The van der Waals surface area contributed by atoms with Crippen LogP contribution in [-0.4, -0.2) is 10.7 Å². The van der Waals surface area contributed by atoms with Gasteiger partial charge in [-0.05, 0) is 31.0 Å². The van der Waals surface area contributed by atoms with E-state index >= 15 is 0 Å². The van der Waals surface area contributed by atoms with Gasteiger partial charge in [-0.3, -0.25) is 0 Å². The third-order valence-electron chi connectivity index (χ3n) is 3.51. The average molecular weight is 285 g/mol. The van der Waals surface area contributed by atoms with Gasteiger partial charge in [-0.25, -0.2) is 0 Å². The lowest BCUT2D eigenvalue weighted by atomic mass is 9.85. The fourth-order valence-corrected chi connectivity index (χ4v) is 2.67. The number of rotatable bonds is 2. The van der Waals surface area contributed by atoms with Crippen molar-refractivity contribution in [3.63, 3.8) is 0 Å². The molecule has 0 unspecified atom stereocenters. The first-order valence-corrected chi connectivity index (χ1v) is 6.56. The molecule has 1 atom stereocenters. The van der Waals surface area contributed by atoms with Crippen LogP contribution in [0.5, 0.6) is 5.75 Å². The zero-order valence-electron chi connectivity index (χ0n) is 9.66. The molecule has 2 nitrogen and oxygen atoms in total. The molecular formula is C13H17BrO2. The van der Waals surface area contributed by atoms with E-state index in [0.29, 0.717) is 6.42 Å². The summed E-state index contributed by atoms with van der Waals surface area (Å²) < 4.78 is 7.04. The highest BCUT2D eigenvalue weighted by molar-refractivity contribution is 9.10. The van der Waals surface area contributed by atoms with Crippen LogP contribution < -0.4 is 4.74 Å². The SMILES string of the molecule is CCC1(CC)C[C@@H](O)c2cc(Br)ccc2O1. The summed E-state index contributed by atoms with van der Waals surface area (Å²) in [7, 11) is 0. The first-order chi connectivity index (χ1) is 7.60. The largest absolute Gasteiger partial charge is 0.487 e. The Kier molecular flexibility index (Phi) is 3.27. The minimum Gasteiger partial charge on any atom is -0.487 e. The highest BCUT2D eigenvalue weighted by atomic mass is 79.9. The predicted molar refractivity (Wildman–Crippen MR) is 67.7 cm³/mol. The summed E-state index contributed by atoms with van der Waals surface area (Å²) in [4.78, 5) is 0. The lowest BCUT2D eigenvalue weighted by Crippen LogP contribution is -2.39. The summed E-state index contributed by atoms with van der Waals surface area (Å²) in [5, 5.41) is 10.2. The van der Waals surface area contributed by atoms with E-state index in [2.05, 4.69) is 29.8 Å². The summed E-state index contributed by atoms with van der Waals surface area (Å²) in [6, 6.07) is 5.82. The van der Waals surface area contributed by atoms with E-state index in [1.807, 2.05) is 18.2 Å². The van der Waals surface area contributed by atoms with E-state index in [-0.39, 0.29) is 5.60 Å². The average Bonchev–Trinajstić information content (AvgIpc) is 2.30. The molecule has 1 aromatic rings. The minimum absolute atomic E-state index is 0.194. The third-order valence-corrected chi connectivity index (χ3v) is 4.00. The maximum absolute atomic E-state index is 10.2. The molecule has 16 heavy (non-hydrogen) atoms. The Balaban J connectivity index is 2.40. The molecule has 0 fully saturated rings. The zero-order valence-corrected chi connectivity index (χ0v) is 11.3. The van der Waals surface area contributed by atoms with Gasteiger partial charge in [0.1, 0.15) is 11.4 Å². The molecule has 0 radical (unpaired) electrons. The summed E-state index contributed by atoms with van der Waals surface area (Å²) >= 11 is 3.41. The van der Waals surface area contributed by atoms with Crippen molar-refractivity contribution in [1.29, 1.82) is 0 Å². The molecule has 0 saturated heterocycles. The third kappa shape index (κ3) is 1.98. The van der Waals surface area contributed by atoms with E-state index in [1.165, 1.54) is 0 Å². The molecule has 0 aliphatic carbocycles. The van der Waals surface area contributed by atoms with Gasteiger partial charge in [0.25, 0.3) is 0 Å². The van der Waals surface area contributed by atoms with E-state index in [4.69, 9.17) is 4.74 Å². The van der Waals surface area contributed by atoms with E-state index in [9.17, 15) is 5.11 Å². The number of hydrogen-bond acceptors (Lipinski definition) is 2. The minimum atomic E-state index is -0.416. The molecule has 1 aromatic carbocycles. The Morgan fingerprint density at radius 1 is 1.44 bits per heavy atom. The molecule has 1 N–H and O–H groups in total. The maximum atomic E-state index is 10.2. The Morgan fingerprint density at radius 3 is 2.75 bits per heavy atom. The molecule has 3 heteroatoms. The van der Waals surface area contributed by atoms with Crippen molar-refractivity contribution in [2.45, 2.75) is 44.8 Å². The summed E-state index contributed by atoms with van der Waals surface area (Å²) in [6.45, 7) is 4.22. The fourth-order valence-electron chi connectivity index (χ4n) is 2.29. The lowest BCUT2D eigenvalue weighted by Gasteiger charge is -2.39. The van der Waals surface area contributed by atoms with E-state index < -0.39 is 6.10 Å². The molecule has 0 saturated carbocycles. The Hall–Kier alpha value is -0.540. The van der Waals surface area contributed by atoms with Crippen molar-refractivity contribution in [3.8, 4) is 5.75 Å². The number of fused-ring (bicyclic) bond motifs is 1. The van der Waals surface area contributed by atoms with Crippen LogP contribution in [0.1, 0.15) is 44.8 Å². The van der Waals surface area contributed by atoms with Crippen LogP contribution in [-0.2, 0) is 0 Å². The number of benzene rings is 1. The first-order valence-electron chi connectivity index (χ1n) is 5.77. The maximum Gasteiger partial charge on any atom is 0.126 e. The molecule has 0 amide bonds. The van der Waals surface area contributed by atoms with Crippen molar-refractivity contribution in [3.05, 3.63) is 28.2 Å². The second-order valence-corrected chi connectivity index (χ2v) is 5.31. The van der Waals surface area contributed by atoms with Crippen molar-refractivity contribution < 1.29 is 9.84 Å². The molecule has 1 aliphatic heterocycles. The second kappa shape index (κ2) is 4.38. The standard InChI is InChI=1S/C13H17BrO2/c1-3-13(4-2)8-11(15)10-7-9(14)5-6-12(10)16-13/h5-7,11,15H,3-4,8H2,1-2H3/t11-/m1/s1. The van der Waals surface area contributed by atoms with E-state index in [0.717, 1.165) is 28.6 Å². The molecule has 0 bridgehead atoms. The Bertz CT molecular complexity index is 386.